The number of aryl methyl sites for hydroxylation is 1. The molecule has 1 N–H and O–H groups in total. The van der Waals surface area contributed by atoms with Gasteiger partial charge in [0.1, 0.15) is 29.9 Å². The summed E-state index contributed by atoms with van der Waals surface area (Å²) in [6, 6.07) is 11.2. The van der Waals surface area contributed by atoms with E-state index in [0.29, 0.717) is 5.01 Å². The maximum absolute atomic E-state index is 14.7. The minimum Gasteiger partial charge on any atom is -0.382 e. The van der Waals surface area contributed by atoms with Gasteiger partial charge in [-0.25, -0.2) is 23.4 Å². The largest absolute Gasteiger partial charge is 0.382 e. The van der Waals surface area contributed by atoms with Gasteiger partial charge in [-0.2, -0.15) is 5.10 Å². The fourth-order valence-corrected chi connectivity index (χ4v) is 4.38. The molecule has 0 saturated heterocycles. The number of aromatic nitrogens is 4. The van der Waals surface area contributed by atoms with Crippen LogP contribution >= 0.6 is 11.3 Å². The summed E-state index contributed by atoms with van der Waals surface area (Å²) in [6.07, 6.45) is 2.78. The van der Waals surface area contributed by atoms with Crippen LogP contribution in [0.1, 0.15) is 29.0 Å². The molecule has 2 unspecified atom stereocenters. The van der Waals surface area contributed by atoms with Gasteiger partial charge in [0, 0.05) is 28.5 Å². The first-order valence-electron chi connectivity index (χ1n) is 9.39. The molecule has 154 valence electrons. The molecule has 5 nitrogen and oxygen atoms in total. The lowest BCUT2D eigenvalue weighted by molar-refractivity contribution is -0.0112. The molecule has 0 aliphatic rings. The molecule has 2 heterocycles. The van der Waals surface area contributed by atoms with E-state index in [1.165, 1.54) is 34.7 Å². The van der Waals surface area contributed by atoms with Crippen molar-refractivity contribution in [2.75, 3.05) is 0 Å². The van der Waals surface area contributed by atoms with Crippen molar-refractivity contribution in [3.8, 4) is 11.3 Å². The number of rotatable bonds is 6. The summed E-state index contributed by atoms with van der Waals surface area (Å²) in [5.74, 6) is -2.12. The quantitative estimate of drug-likeness (QED) is 0.486. The Balaban J connectivity index is 1.74. The zero-order valence-electron chi connectivity index (χ0n) is 16.5. The fraction of sp³-hybridized carbons (Fsp3) is 0.227. The molecule has 0 bridgehead atoms. The minimum atomic E-state index is -1.71. The lowest BCUT2D eigenvalue weighted by Gasteiger charge is -2.33. The average molecular weight is 426 g/mol. The molecule has 4 aromatic rings. The van der Waals surface area contributed by atoms with E-state index in [9.17, 15) is 13.9 Å². The second-order valence-corrected chi connectivity index (χ2v) is 8.19. The van der Waals surface area contributed by atoms with Crippen molar-refractivity contribution in [1.82, 2.24) is 19.7 Å². The van der Waals surface area contributed by atoms with E-state index >= 15 is 0 Å². The molecule has 0 aliphatic carbocycles. The van der Waals surface area contributed by atoms with Crippen molar-refractivity contribution in [2.45, 2.75) is 31.9 Å². The highest BCUT2D eigenvalue weighted by molar-refractivity contribution is 7.10. The third-order valence-corrected chi connectivity index (χ3v) is 6.25. The van der Waals surface area contributed by atoms with E-state index in [4.69, 9.17) is 4.98 Å². The number of halogens is 2. The molecule has 0 radical (unpaired) electrons. The van der Waals surface area contributed by atoms with Crippen LogP contribution in [0.2, 0.25) is 0 Å². The van der Waals surface area contributed by atoms with E-state index in [1.54, 1.807) is 6.92 Å². The minimum absolute atomic E-state index is 0.0148. The fourth-order valence-electron chi connectivity index (χ4n) is 3.40. The van der Waals surface area contributed by atoms with Crippen LogP contribution in [0.3, 0.4) is 0 Å². The molecule has 8 heteroatoms. The SMILES string of the molecule is Cc1ccc(-c2csc(C(C)C(O)(Cn3cncn3)c3ccc(F)cc3F)n2)cc1. The van der Waals surface area contributed by atoms with Gasteiger partial charge in [0.2, 0.25) is 0 Å². The number of hydrogen-bond donors (Lipinski definition) is 1. The number of thiazole rings is 1. The third kappa shape index (κ3) is 3.88. The van der Waals surface area contributed by atoms with Crippen LogP contribution in [-0.2, 0) is 12.1 Å². The highest BCUT2D eigenvalue weighted by Gasteiger charge is 2.41. The van der Waals surface area contributed by atoms with Crippen molar-refractivity contribution in [3.63, 3.8) is 0 Å². The van der Waals surface area contributed by atoms with Gasteiger partial charge in [-0.15, -0.1) is 11.3 Å². The van der Waals surface area contributed by atoms with Crippen LogP contribution in [-0.4, -0.2) is 24.9 Å². The summed E-state index contributed by atoms with van der Waals surface area (Å²) >= 11 is 1.39. The van der Waals surface area contributed by atoms with Gasteiger partial charge >= 0.3 is 0 Å². The first-order valence-corrected chi connectivity index (χ1v) is 10.3. The summed E-state index contributed by atoms with van der Waals surface area (Å²) in [7, 11) is 0. The normalized spacial score (nSPS) is 14.4. The van der Waals surface area contributed by atoms with Gasteiger partial charge in [-0.1, -0.05) is 42.8 Å². The van der Waals surface area contributed by atoms with Gasteiger partial charge in [-0.3, -0.25) is 0 Å². The molecule has 2 aromatic heterocycles. The Morgan fingerprint density at radius 2 is 1.93 bits per heavy atom. The topological polar surface area (TPSA) is 63.8 Å². The maximum Gasteiger partial charge on any atom is 0.137 e. The Morgan fingerprint density at radius 3 is 2.60 bits per heavy atom. The van der Waals surface area contributed by atoms with Crippen LogP contribution in [0.4, 0.5) is 8.78 Å². The Morgan fingerprint density at radius 1 is 1.17 bits per heavy atom. The summed E-state index contributed by atoms with van der Waals surface area (Å²) < 4.78 is 29.6. The van der Waals surface area contributed by atoms with Crippen molar-refractivity contribution in [1.29, 1.82) is 0 Å². The Kier molecular flexibility index (Phi) is 5.44. The third-order valence-electron chi connectivity index (χ3n) is 5.22. The molecule has 0 fully saturated rings. The number of aliphatic hydroxyl groups is 1. The lowest BCUT2D eigenvalue weighted by Crippen LogP contribution is -2.38. The lowest BCUT2D eigenvalue weighted by atomic mass is 9.82. The van der Waals surface area contributed by atoms with E-state index in [-0.39, 0.29) is 12.1 Å². The van der Waals surface area contributed by atoms with Gasteiger partial charge in [0.25, 0.3) is 0 Å². The van der Waals surface area contributed by atoms with Gasteiger partial charge < -0.3 is 5.11 Å². The molecule has 2 aromatic carbocycles. The molecule has 2 atom stereocenters. The molecular formula is C22H20F2N4OS. The van der Waals surface area contributed by atoms with Crippen LogP contribution in [0, 0.1) is 18.6 Å². The first kappa shape index (κ1) is 20.3. The molecule has 0 aliphatic heterocycles. The van der Waals surface area contributed by atoms with Crippen LogP contribution in [0.25, 0.3) is 11.3 Å². The van der Waals surface area contributed by atoms with Crippen LogP contribution in [0.5, 0.6) is 0 Å². The van der Waals surface area contributed by atoms with E-state index < -0.39 is 23.2 Å². The van der Waals surface area contributed by atoms with Crippen molar-refractivity contribution in [3.05, 3.63) is 88.3 Å². The molecule has 0 amide bonds. The molecule has 0 spiro atoms. The van der Waals surface area contributed by atoms with Gasteiger partial charge in [0.05, 0.1) is 17.2 Å². The first-order chi connectivity index (χ1) is 14.4. The summed E-state index contributed by atoms with van der Waals surface area (Å²) in [5.41, 5.74) is 1.16. The zero-order valence-corrected chi connectivity index (χ0v) is 17.3. The Hall–Kier alpha value is -2.97. The summed E-state index contributed by atoms with van der Waals surface area (Å²) in [6.45, 7) is 3.73. The summed E-state index contributed by atoms with van der Waals surface area (Å²) in [5, 5.41) is 18.3. The van der Waals surface area contributed by atoms with Gasteiger partial charge in [0.15, 0.2) is 0 Å². The molecular weight excluding hydrogens is 406 g/mol. The molecule has 30 heavy (non-hydrogen) atoms. The second kappa shape index (κ2) is 8.04. The van der Waals surface area contributed by atoms with Crippen molar-refractivity contribution in [2.24, 2.45) is 0 Å². The standard InChI is InChI=1S/C22H20F2N4OS/c1-14-3-5-16(6-4-14)20-10-30-21(27-20)15(2)22(29,11-28-13-25-12-26-28)18-8-7-17(23)9-19(18)24/h3-10,12-13,15,29H,11H2,1-2H3. The van der Waals surface area contributed by atoms with Crippen molar-refractivity contribution >= 4 is 11.3 Å². The van der Waals surface area contributed by atoms with E-state index in [1.807, 2.05) is 36.6 Å². The van der Waals surface area contributed by atoms with Crippen molar-refractivity contribution < 1.29 is 13.9 Å². The van der Waals surface area contributed by atoms with Crippen LogP contribution in [0.15, 0.2) is 60.5 Å². The number of hydrogen-bond acceptors (Lipinski definition) is 5. The number of nitrogens with zero attached hydrogens (tertiary/aromatic N) is 4. The average Bonchev–Trinajstić information content (AvgIpc) is 3.40. The second-order valence-electron chi connectivity index (χ2n) is 7.30. The smallest absolute Gasteiger partial charge is 0.137 e. The Bertz CT molecular complexity index is 1140. The predicted octanol–water partition coefficient (Wildman–Crippen LogP) is 4.68. The number of benzene rings is 2. The highest BCUT2D eigenvalue weighted by atomic mass is 32.1. The summed E-state index contributed by atoms with van der Waals surface area (Å²) in [4.78, 5) is 8.59. The highest BCUT2D eigenvalue weighted by Crippen LogP contribution is 2.41. The van der Waals surface area contributed by atoms with Gasteiger partial charge in [-0.05, 0) is 13.0 Å². The maximum atomic E-state index is 14.7. The Labute approximate surface area is 176 Å². The molecule has 0 saturated carbocycles. The van der Waals surface area contributed by atoms with E-state index in [0.717, 1.165) is 29.0 Å². The zero-order chi connectivity index (χ0) is 21.3. The molecule has 4 rings (SSSR count). The monoisotopic (exact) mass is 426 g/mol. The predicted molar refractivity (Wildman–Crippen MR) is 111 cm³/mol. The van der Waals surface area contributed by atoms with Crippen LogP contribution < -0.4 is 0 Å². The van der Waals surface area contributed by atoms with E-state index in [2.05, 4.69) is 10.1 Å².